The van der Waals surface area contributed by atoms with E-state index in [0.717, 1.165) is 5.56 Å². The maximum atomic E-state index is 10.9. The highest BCUT2D eigenvalue weighted by Crippen LogP contribution is 2.04. The van der Waals surface area contributed by atoms with Crippen molar-refractivity contribution < 1.29 is 8.42 Å². The number of nitrogens with zero attached hydrogens (tertiary/aromatic N) is 1. The van der Waals surface area contributed by atoms with Gasteiger partial charge in [0.25, 0.3) is 0 Å². The number of aryl methyl sites for hydroxylation is 1. The number of hydrogen-bond acceptors (Lipinski definition) is 3. The Morgan fingerprint density at radius 3 is 2.45 bits per heavy atom. The maximum Gasteiger partial charge on any atom is 0.210 e. The molecule has 20 heavy (non-hydrogen) atoms. The van der Waals surface area contributed by atoms with Gasteiger partial charge in [-0.3, -0.25) is 0 Å². The van der Waals surface area contributed by atoms with Crippen LogP contribution in [0.4, 0.5) is 0 Å². The maximum absolute atomic E-state index is 10.9. The van der Waals surface area contributed by atoms with Gasteiger partial charge in [-0.1, -0.05) is 29.8 Å². The molecule has 0 saturated carbocycles. The highest BCUT2D eigenvalue weighted by atomic mass is 32.2. The van der Waals surface area contributed by atoms with Crippen LogP contribution < -0.4 is 15.8 Å². The van der Waals surface area contributed by atoms with E-state index in [0.29, 0.717) is 19.0 Å². The van der Waals surface area contributed by atoms with Crippen molar-refractivity contribution in [2.24, 2.45) is 10.1 Å². The van der Waals surface area contributed by atoms with Gasteiger partial charge in [-0.2, -0.15) is 0 Å². The summed E-state index contributed by atoms with van der Waals surface area (Å²) >= 11 is 0. The van der Waals surface area contributed by atoms with Gasteiger partial charge < -0.3 is 10.6 Å². The van der Waals surface area contributed by atoms with Gasteiger partial charge in [0.2, 0.25) is 10.0 Å². The van der Waals surface area contributed by atoms with Crippen molar-refractivity contribution in [3.63, 3.8) is 0 Å². The minimum absolute atomic E-state index is 0.123. The molecule has 0 aliphatic carbocycles. The second-order valence-corrected chi connectivity index (χ2v) is 6.21. The molecule has 0 bridgehead atoms. The lowest BCUT2D eigenvalue weighted by Gasteiger charge is -2.10. The van der Waals surface area contributed by atoms with Crippen molar-refractivity contribution in [2.75, 3.05) is 18.8 Å². The summed E-state index contributed by atoms with van der Waals surface area (Å²) in [5, 5.41) is 10.9. The van der Waals surface area contributed by atoms with E-state index in [1.807, 2.05) is 38.1 Å². The van der Waals surface area contributed by atoms with Crippen LogP contribution in [-0.4, -0.2) is 33.2 Å². The molecule has 4 N–H and O–H groups in total. The van der Waals surface area contributed by atoms with Gasteiger partial charge >= 0.3 is 0 Å². The number of guanidine groups is 1. The molecule has 0 unspecified atom stereocenters. The van der Waals surface area contributed by atoms with Gasteiger partial charge in [0, 0.05) is 13.1 Å². The molecule has 0 heterocycles. The molecule has 0 aromatic heterocycles. The Hall–Kier alpha value is -1.60. The molecule has 0 aliphatic rings. The number of nitrogens with two attached hydrogens (primary N) is 1. The van der Waals surface area contributed by atoms with Crippen LogP contribution in [0.1, 0.15) is 18.1 Å². The van der Waals surface area contributed by atoms with Crippen molar-refractivity contribution >= 4 is 16.0 Å². The van der Waals surface area contributed by atoms with E-state index in [-0.39, 0.29) is 12.3 Å². The molecule has 0 fully saturated rings. The molecule has 1 rings (SSSR count). The van der Waals surface area contributed by atoms with Crippen LogP contribution in [0.5, 0.6) is 0 Å². The third-order valence-corrected chi connectivity index (χ3v) is 3.34. The number of nitrogens with one attached hydrogen (secondary N) is 2. The summed E-state index contributed by atoms with van der Waals surface area (Å²) in [5.74, 6) is 0.457. The van der Waals surface area contributed by atoms with E-state index in [1.54, 1.807) is 0 Å². The van der Waals surface area contributed by atoms with Gasteiger partial charge in [0.1, 0.15) is 0 Å². The average Bonchev–Trinajstić information content (AvgIpc) is 2.36. The van der Waals surface area contributed by atoms with Crippen LogP contribution in [-0.2, 0) is 16.6 Å². The zero-order chi connectivity index (χ0) is 15.0. The first-order valence-electron chi connectivity index (χ1n) is 6.49. The SMILES string of the molecule is CCNC(=NCc1ccc(C)cc1)NCCS(N)(=O)=O. The molecule has 0 spiro atoms. The van der Waals surface area contributed by atoms with Crippen LogP contribution in [0.25, 0.3) is 0 Å². The first-order valence-corrected chi connectivity index (χ1v) is 8.20. The van der Waals surface area contributed by atoms with Crippen LogP contribution in [0.15, 0.2) is 29.3 Å². The van der Waals surface area contributed by atoms with Crippen molar-refractivity contribution in [2.45, 2.75) is 20.4 Å². The summed E-state index contributed by atoms with van der Waals surface area (Å²) in [7, 11) is -3.45. The Morgan fingerprint density at radius 2 is 1.90 bits per heavy atom. The quantitative estimate of drug-likeness (QED) is 0.521. The van der Waals surface area contributed by atoms with E-state index in [9.17, 15) is 8.42 Å². The van der Waals surface area contributed by atoms with Crippen LogP contribution in [0.2, 0.25) is 0 Å². The number of primary sulfonamides is 1. The molecule has 112 valence electrons. The minimum atomic E-state index is -3.45. The topological polar surface area (TPSA) is 96.6 Å². The van der Waals surface area contributed by atoms with Gasteiger partial charge in [-0.25, -0.2) is 18.5 Å². The summed E-state index contributed by atoms with van der Waals surface area (Å²) in [6, 6.07) is 8.11. The highest BCUT2D eigenvalue weighted by Gasteiger charge is 2.03. The Kier molecular flexibility index (Phi) is 6.47. The number of sulfonamides is 1. The summed E-state index contributed by atoms with van der Waals surface area (Å²) in [4.78, 5) is 4.39. The molecule has 0 saturated heterocycles. The van der Waals surface area contributed by atoms with Gasteiger partial charge in [-0.05, 0) is 19.4 Å². The Morgan fingerprint density at radius 1 is 1.25 bits per heavy atom. The van der Waals surface area contributed by atoms with Crippen LogP contribution in [0, 0.1) is 6.92 Å². The Labute approximate surface area is 120 Å². The molecule has 0 atom stereocenters. The fraction of sp³-hybridized carbons (Fsp3) is 0.462. The predicted octanol–water partition coefficient (Wildman–Crippen LogP) is 0.339. The van der Waals surface area contributed by atoms with E-state index >= 15 is 0 Å². The van der Waals surface area contributed by atoms with Crippen LogP contribution in [0.3, 0.4) is 0 Å². The molecule has 1 aromatic carbocycles. The first kappa shape index (κ1) is 16.5. The zero-order valence-corrected chi connectivity index (χ0v) is 12.7. The lowest BCUT2D eigenvalue weighted by Crippen LogP contribution is -2.40. The van der Waals surface area contributed by atoms with Crippen molar-refractivity contribution in [3.8, 4) is 0 Å². The Balaban J connectivity index is 2.55. The monoisotopic (exact) mass is 298 g/mol. The fourth-order valence-electron chi connectivity index (χ4n) is 1.52. The molecule has 1 aromatic rings. The van der Waals surface area contributed by atoms with Crippen molar-refractivity contribution in [1.82, 2.24) is 10.6 Å². The van der Waals surface area contributed by atoms with E-state index in [2.05, 4.69) is 15.6 Å². The lowest BCUT2D eigenvalue weighted by molar-refractivity contribution is 0.596. The second kappa shape index (κ2) is 7.86. The number of hydrogen-bond donors (Lipinski definition) is 3. The molecule has 0 aliphatic heterocycles. The van der Waals surface area contributed by atoms with E-state index in [4.69, 9.17) is 5.14 Å². The largest absolute Gasteiger partial charge is 0.357 e. The van der Waals surface area contributed by atoms with Crippen molar-refractivity contribution in [1.29, 1.82) is 0 Å². The van der Waals surface area contributed by atoms with Gasteiger partial charge in [0.15, 0.2) is 5.96 Å². The summed E-state index contributed by atoms with van der Waals surface area (Å²) in [6.07, 6.45) is 0. The first-order chi connectivity index (χ1) is 9.40. The highest BCUT2D eigenvalue weighted by molar-refractivity contribution is 7.89. The number of aliphatic imine (C=N–C) groups is 1. The zero-order valence-electron chi connectivity index (χ0n) is 11.9. The second-order valence-electron chi connectivity index (χ2n) is 4.47. The summed E-state index contributed by atoms with van der Waals surface area (Å²) < 4.78 is 21.7. The number of rotatable bonds is 6. The standard InChI is InChI=1S/C13H22N4O2S/c1-3-15-13(16-8-9-20(14,18)19)17-10-12-6-4-11(2)5-7-12/h4-7H,3,8-10H2,1-2H3,(H2,14,18,19)(H2,15,16,17). The van der Waals surface area contributed by atoms with Crippen molar-refractivity contribution in [3.05, 3.63) is 35.4 Å². The van der Waals surface area contributed by atoms with Crippen LogP contribution >= 0.6 is 0 Å². The van der Waals surface area contributed by atoms with E-state index < -0.39 is 10.0 Å². The normalized spacial score (nSPS) is 12.2. The summed E-state index contributed by atoms with van der Waals surface area (Å²) in [6.45, 7) is 5.45. The third kappa shape index (κ3) is 7.10. The molecular weight excluding hydrogens is 276 g/mol. The van der Waals surface area contributed by atoms with E-state index in [1.165, 1.54) is 5.56 Å². The lowest BCUT2D eigenvalue weighted by atomic mass is 10.1. The number of benzene rings is 1. The molecule has 6 nitrogen and oxygen atoms in total. The molecular formula is C13H22N4O2S. The van der Waals surface area contributed by atoms with Gasteiger partial charge in [0.05, 0.1) is 12.3 Å². The predicted molar refractivity (Wildman–Crippen MR) is 82.0 cm³/mol. The molecule has 0 amide bonds. The average molecular weight is 298 g/mol. The summed E-state index contributed by atoms with van der Waals surface area (Å²) in [5.41, 5.74) is 2.30. The van der Waals surface area contributed by atoms with Gasteiger partial charge in [-0.15, -0.1) is 0 Å². The smallest absolute Gasteiger partial charge is 0.210 e. The minimum Gasteiger partial charge on any atom is -0.357 e. The Bertz CT molecular complexity index is 538. The molecule has 7 heteroatoms. The molecule has 0 radical (unpaired) electrons. The fourth-order valence-corrected chi connectivity index (χ4v) is 1.90. The third-order valence-electron chi connectivity index (χ3n) is 2.56.